The summed E-state index contributed by atoms with van der Waals surface area (Å²) in [6.07, 6.45) is 0. The van der Waals surface area contributed by atoms with Gasteiger partial charge in [0, 0.05) is 25.3 Å². The molecule has 0 fully saturated rings. The van der Waals surface area contributed by atoms with Gasteiger partial charge >= 0.3 is 0 Å². The number of nitrogens with one attached hydrogen (secondary N) is 1. The summed E-state index contributed by atoms with van der Waals surface area (Å²) in [5.41, 5.74) is 0.751. The van der Waals surface area contributed by atoms with Crippen LogP contribution in [0, 0.1) is 0 Å². The predicted molar refractivity (Wildman–Crippen MR) is 101 cm³/mol. The number of rotatable bonds is 7. The summed E-state index contributed by atoms with van der Waals surface area (Å²) in [5, 5.41) is 2.71. The summed E-state index contributed by atoms with van der Waals surface area (Å²) < 4.78 is 41.0. The maximum Gasteiger partial charge on any atom is 0.255 e. The van der Waals surface area contributed by atoms with E-state index in [1.165, 1.54) is 71.8 Å². The molecule has 0 saturated carbocycles. The summed E-state index contributed by atoms with van der Waals surface area (Å²) in [7, 11) is 3.78. The van der Waals surface area contributed by atoms with E-state index < -0.39 is 15.9 Å². The van der Waals surface area contributed by atoms with Crippen molar-refractivity contribution >= 4 is 21.6 Å². The molecule has 8 nitrogen and oxygen atoms in total. The standard InChI is InChI=1S/C18H22N2O6S/c1-20(2)27(22,23)14-8-6-13(7-9-14)19-18(21)12-10-15(24-3)17(26-5)16(11-12)25-4/h6-11H,1-5H3,(H,19,21). The quantitative estimate of drug-likeness (QED) is 0.774. The van der Waals surface area contributed by atoms with Crippen molar-refractivity contribution in [2.24, 2.45) is 0 Å². The fourth-order valence-corrected chi connectivity index (χ4v) is 3.24. The molecule has 0 saturated heterocycles. The van der Waals surface area contributed by atoms with Gasteiger partial charge in [-0.2, -0.15) is 0 Å². The molecule has 27 heavy (non-hydrogen) atoms. The number of carbonyl (C=O) groups excluding carboxylic acids is 1. The molecule has 0 aliphatic heterocycles. The number of hydrogen-bond acceptors (Lipinski definition) is 6. The number of nitrogens with zero attached hydrogens (tertiary/aromatic N) is 1. The van der Waals surface area contributed by atoms with Crippen molar-refractivity contribution in [3.8, 4) is 17.2 Å². The van der Waals surface area contributed by atoms with Gasteiger partial charge in [-0.05, 0) is 36.4 Å². The second kappa shape index (κ2) is 8.28. The van der Waals surface area contributed by atoms with Crippen LogP contribution in [0.25, 0.3) is 0 Å². The second-order valence-electron chi connectivity index (χ2n) is 5.68. The van der Waals surface area contributed by atoms with Gasteiger partial charge in [0.25, 0.3) is 5.91 Å². The van der Waals surface area contributed by atoms with Crippen LogP contribution in [0.15, 0.2) is 41.3 Å². The molecule has 0 aromatic heterocycles. The molecule has 0 spiro atoms. The molecule has 2 aromatic rings. The van der Waals surface area contributed by atoms with Crippen molar-refractivity contribution in [3.05, 3.63) is 42.0 Å². The van der Waals surface area contributed by atoms with Gasteiger partial charge < -0.3 is 19.5 Å². The van der Waals surface area contributed by atoms with Crippen LogP contribution in [0.5, 0.6) is 17.2 Å². The fraction of sp³-hybridized carbons (Fsp3) is 0.278. The van der Waals surface area contributed by atoms with Gasteiger partial charge in [-0.1, -0.05) is 0 Å². The van der Waals surface area contributed by atoms with Crippen molar-refractivity contribution in [1.29, 1.82) is 0 Å². The lowest BCUT2D eigenvalue weighted by Crippen LogP contribution is -2.22. The minimum atomic E-state index is -3.53. The largest absolute Gasteiger partial charge is 0.493 e. The van der Waals surface area contributed by atoms with E-state index in [4.69, 9.17) is 14.2 Å². The zero-order valence-corrected chi connectivity index (χ0v) is 16.6. The van der Waals surface area contributed by atoms with E-state index in [0.29, 0.717) is 28.5 Å². The molecule has 2 rings (SSSR count). The molecule has 0 aliphatic rings. The Bertz CT molecular complexity index is 898. The smallest absolute Gasteiger partial charge is 0.255 e. The maximum absolute atomic E-state index is 12.6. The number of ether oxygens (including phenoxy) is 3. The van der Waals surface area contributed by atoms with Gasteiger partial charge in [0.15, 0.2) is 11.5 Å². The Morgan fingerprint density at radius 3 is 1.85 bits per heavy atom. The van der Waals surface area contributed by atoms with Crippen LogP contribution in [0.3, 0.4) is 0 Å². The first-order chi connectivity index (χ1) is 12.7. The van der Waals surface area contributed by atoms with E-state index in [1.54, 1.807) is 0 Å². The number of anilines is 1. The van der Waals surface area contributed by atoms with E-state index >= 15 is 0 Å². The number of sulfonamides is 1. The summed E-state index contributed by atoms with van der Waals surface area (Å²) in [6.45, 7) is 0. The third-order valence-electron chi connectivity index (χ3n) is 3.82. The minimum Gasteiger partial charge on any atom is -0.493 e. The van der Waals surface area contributed by atoms with Gasteiger partial charge in [0.05, 0.1) is 26.2 Å². The zero-order chi connectivity index (χ0) is 20.2. The molecule has 1 amide bonds. The highest BCUT2D eigenvalue weighted by atomic mass is 32.2. The molecule has 0 atom stereocenters. The van der Waals surface area contributed by atoms with Crippen molar-refractivity contribution < 1.29 is 27.4 Å². The Kier molecular flexibility index (Phi) is 6.29. The molecule has 0 radical (unpaired) electrons. The van der Waals surface area contributed by atoms with Crippen LogP contribution in [-0.2, 0) is 10.0 Å². The molecule has 0 aliphatic carbocycles. The Morgan fingerprint density at radius 1 is 0.926 bits per heavy atom. The average molecular weight is 394 g/mol. The number of benzene rings is 2. The van der Waals surface area contributed by atoms with Gasteiger partial charge in [0.2, 0.25) is 15.8 Å². The van der Waals surface area contributed by atoms with Gasteiger partial charge in [-0.3, -0.25) is 4.79 Å². The first kappa shape index (κ1) is 20.5. The number of hydrogen-bond donors (Lipinski definition) is 1. The van der Waals surface area contributed by atoms with Crippen molar-refractivity contribution in [3.63, 3.8) is 0 Å². The number of amides is 1. The van der Waals surface area contributed by atoms with Crippen LogP contribution < -0.4 is 19.5 Å². The monoisotopic (exact) mass is 394 g/mol. The minimum absolute atomic E-state index is 0.137. The Balaban J connectivity index is 2.27. The SMILES string of the molecule is COc1cc(C(=O)Nc2ccc(S(=O)(=O)N(C)C)cc2)cc(OC)c1OC. The van der Waals surface area contributed by atoms with Crippen molar-refractivity contribution in [1.82, 2.24) is 4.31 Å². The third kappa shape index (κ3) is 4.32. The van der Waals surface area contributed by atoms with E-state index in [0.717, 1.165) is 4.31 Å². The third-order valence-corrected chi connectivity index (χ3v) is 5.65. The Hall–Kier alpha value is -2.78. The fourth-order valence-electron chi connectivity index (χ4n) is 2.34. The van der Waals surface area contributed by atoms with Crippen LogP contribution in [-0.4, -0.2) is 54.1 Å². The van der Waals surface area contributed by atoms with Crippen LogP contribution >= 0.6 is 0 Å². The molecule has 9 heteroatoms. The maximum atomic E-state index is 12.6. The Morgan fingerprint density at radius 2 is 1.44 bits per heavy atom. The molecular formula is C18H22N2O6S. The highest BCUT2D eigenvalue weighted by molar-refractivity contribution is 7.89. The number of carbonyl (C=O) groups is 1. The number of methoxy groups -OCH3 is 3. The van der Waals surface area contributed by atoms with E-state index in [-0.39, 0.29) is 4.90 Å². The summed E-state index contributed by atoms with van der Waals surface area (Å²) in [5.74, 6) is 0.691. The Labute approximate surface area is 158 Å². The molecular weight excluding hydrogens is 372 g/mol. The zero-order valence-electron chi connectivity index (χ0n) is 15.8. The average Bonchev–Trinajstić information content (AvgIpc) is 2.66. The lowest BCUT2D eigenvalue weighted by molar-refractivity contribution is 0.102. The molecule has 0 heterocycles. The lowest BCUT2D eigenvalue weighted by Gasteiger charge is -2.14. The molecule has 2 aromatic carbocycles. The highest BCUT2D eigenvalue weighted by Gasteiger charge is 2.19. The van der Waals surface area contributed by atoms with Gasteiger partial charge in [-0.15, -0.1) is 0 Å². The normalized spacial score (nSPS) is 11.2. The van der Waals surface area contributed by atoms with Crippen molar-refractivity contribution in [2.75, 3.05) is 40.7 Å². The highest BCUT2D eigenvalue weighted by Crippen LogP contribution is 2.38. The first-order valence-corrected chi connectivity index (χ1v) is 9.32. The summed E-state index contributed by atoms with van der Waals surface area (Å²) in [6, 6.07) is 8.96. The van der Waals surface area contributed by atoms with E-state index in [1.807, 2.05) is 0 Å². The van der Waals surface area contributed by atoms with E-state index in [9.17, 15) is 13.2 Å². The predicted octanol–water partition coefficient (Wildman–Crippen LogP) is 2.21. The summed E-state index contributed by atoms with van der Waals surface area (Å²) >= 11 is 0. The van der Waals surface area contributed by atoms with Gasteiger partial charge in [-0.25, -0.2) is 12.7 Å². The molecule has 146 valence electrons. The summed E-state index contributed by atoms with van der Waals surface area (Å²) in [4.78, 5) is 12.7. The van der Waals surface area contributed by atoms with Gasteiger partial charge in [0.1, 0.15) is 0 Å². The first-order valence-electron chi connectivity index (χ1n) is 7.88. The van der Waals surface area contributed by atoms with Crippen LogP contribution in [0.4, 0.5) is 5.69 Å². The molecule has 1 N–H and O–H groups in total. The molecule has 0 unspecified atom stereocenters. The van der Waals surface area contributed by atoms with E-state index in [2.05, 4.69) is 5.32 Å². The van der Waals surface area contributed by atoms with Crippen LogP contribution in [0.2, 0.25) is 0 Å². The molecule has 0 bridgehead atoms. The van der Waals surface area contributed by atoms with Crippen molar-refractivity contribution in [2.45, 2.75) is 4.90 Å². The lowest BCUT2D eigenvalue weighted by atomic mass is 10.1. The van der Waals surface area contributed by atoms with Crippen LogP contribution in [0.1, 0.15) is 10.4 Å². The topological polar surface area (TPSA) is 94.2 Å². The second-order valence-corrected chi connectivity index (χ2v) is 7.83.